The van der Waals surface area contributed by atoms with Gasteiger partial charge in [-0.15, -0.1) is 24.0 Å². The molecule has 1 unspecified atom stereocenters. The Hall–Kier alpha value is -0.410. The van der Waals surface area contributed by atoms with Crippen LogP contribution >= 0.6 is 35.7 Å². The van der Waals surface area contributed by atoms with Crippen LogP contribution in [-0.4, -0.2) is 55.6 Å². The number of furan rings is 1. The van der Waals surface area contributed by atoms with Crippen molar-refractivity contribution in [3.63, 3.8) is 0 Å². The van der Waals surface area contributed by atoms with Crippen molar-refractivity contribution in [2.24, 2.45) is 4.99 Å². The summed E-state index contributed by atoms with van der Waals surface area (Å²) in [5, 5.41) is 6.73. The quantitative estimate of drug-likeness (QED) is 0.421. The standard InChI is InChI=1S/C15H26N4OS.HI/c1-12-4-5-14(20-12)13(2)18-15(16-3)17-6-7-19-8-10-21-11-9-19;/h4-5,13H,6-11H2,1-3H3,(H2,16,17,18);1H. The van der Waals surface area contributed by atoms with E-state index in [1.807, 2.05) is 30.8 Å². The van der Waals surface area contributed by atoms with E-state index in [4.69, 9.17) is 4.42 Å². The summed E-state index contributed by atoms with van der Waals surface area (Å²) in [7, 11) is 1.80. The Labute approximate surface area is 154 Å². The van der Waals surface area contributed by atoms with E-state index in [9.17, 15) is 0 Å². The average Bonchev–Trinajstić information content (AvgIpc) is 2.94. The van der Waals surface area contributed by atoms with Gasteiger partial charge in [-0.3, -0.25) is 9.89 Å². The van der Waals surface area contributed by atoms with Gasteiger partial charge in [-0.05, 0) is 26.0 Å². The molecular weight excluding hydrogens is 411 g/mol. The summed E-state index contributed by atoms with van der Waals surface area (Å²) in [6.07, 6.45) is 0. The van der Waals surface area contributed by atoms with E-state index in [0.717, 1.165) is 30.6 Å². The van der Waals surface area contributed by atoms with Gasteiger partial charge >= 0.3 is 0 Å². The largest absolute Gasteiger partial charge is 0.464 e. The third kappa shape index (κ3) is 6.37. The van der Waals surface area contributed by atoms with Crippen LogP contribution < -0.4 is 10.6 Å². The van der Waals surface area contributed by atoms with E-state index in [0.29, 0.717) is 0 Å². The lowest BCUT2D eigenvalue weighted by Gasteiger charge is -2.26. The molecule has 1 aromatic heterocycles. The van der Waals surface area contributed by atoms with Crippen molar-refractivity contribution in [1.29, 1.82) is 0 Å². The van der Waals surface area contributed by atoms with Gasteiger partial charge in [-0.1, -0.05) is 0 Å². The summed E-state index contributed by atoms with van der Waals surface area (Å²) >= 11 is 2.04. The summed E-state index contributed by atoms with van der Waals surface area (Å²) in [6.45, 7) is 8.40. The Balaban J connectivity index is 0.00000242. The third-order valence-electron chi connectivity index (χ3n) is 3.59. The lowest BCUT2D eigenvalue weighted by molar-refractivity contribution is 0.306. The second-order valence-electron chi connectivity index (χ2n) is 5.27. The molecule has 0 aliphatic carbocycles. The Bertz CT molecular complexity index is 460. The van der Waals surface area contributed by atoms with Crippen LogP contribution in [-0.2, 0) is 0 Å². The molecule has 1 aliphatic rings. The van der Waals surface area contributed by atoms with Gasteiger partial charge in [-0.2, -0.15) is 11.8 Å². The first kappa shape index (κ1) is 19.6. The Morgan fingerprint density at radius 2 is 2.14 bits per heavy atom. The first-order chi connectivity index (χ1) is 10.2. The van der Waals surface area contributed by atoms with Crippen LogP contribution in [0, 0.1) is 6.92 Å². The number of rotatable bonds is 5. The van der Waals surface area contributed by atoms with E-state index in [-0.39, 0.29) is 30.0 Å². The van der Waals surface area contributed by atoms with Crippen LogP contribution in [0.4, 0.5) is 0 Å². The maximum atomic E-state index is 5.63. The average molecular weight is 438 g/mol. The predicted octanol–water partition coefficient (Wildman–Crippen LogP) is 2.48. The lowest BCUT2D eigenvalue weighted by Crippen LogP contribution is -2.43. The van der Waals surface area contributed by atoms with Crippen molar-refractivity contribution >= 4 is 41.7 Å². The van der Waals surface area contributed by atoms with Gasteiger partial charge in [0.05, 0.1) is 6.04 Å². The van der Waals surface area contributed by atoms with Crippen LogP contribution in [0.25, 0.3) is 0 Å². The fourth-order valence-electron chi connectivity index (χ4n) is 2.31. The van der Waals surface area contributed by atoms with E-state index in [1.165, 1.54) is 24.6 Å². The number of halogens is 1. The summed E-state index contributed by atoms with van der Waals surface area (Å²) in [5.74, 6) is 5.19. The molecule has 2 rings (SSSR count). The topological polar surface area (TPSA) is 52.8 Å². The summed E-state index contributed by atoms with van der Waals surface area (Å²) in [4.78, 5) is 6.77. The van der Waals surface area contributed by atoms with Crippen LogP contribution in [0.1, 0.15) is 24.5 Å². The molecule has 2 heterocycles. The van der Waals surface area contributed by atoms with Crippen molar-refractivity contribution in [3.05, 3.63) is 23.7 Å². The van der Waals surface area contributed by atoms with Crippen molar-refractivity contribution in [3.8, 4) is 0 Å². The number of aryl methyl sites for hydroxylation is 1. The van der Waals surface area contributed by atoms with E-state index in [2.05, 4.69) is 27.4 Å². The maximum absolute atomic E-state index is 5.63. The number of hydrogen-bond acceptors (Lipinski definition) is 4. The van der Waals surface area contributed by atoms with Crippen molar-refractivity contribution in [1.82, 2.24) is 15.5 Å². The molecule has 0 aromatic carbocycles. The van der Waals surface area contributed by atoms with Crippen molar-refractivity contribution in [2.75, 3.05) is 44.7 Å². The number of guanidine groups is 1. The zero-order valence-electron chi connectivity index (χ0n) is 13.6. The molecule has 22 heavy (non-hydrogen) atoms. The van der Waals surface area contributed by atoms with Gasteiger partial charge in [0, 0.05) is 44.7 Å². The molecule has 1 aliphatic heterocycles. The Morgan fingerprint density at radius 3 is 2.73 bits per heavy atom. The van der Waals surface area contributed by atoms with Crippen LogP contribution in [0.3, 0.4) is 0 Å². The molecule has 1 atom stereocenters. The van der Waals surface area contributed by atoms with E-state index in [1.54, 1.807) is 7.05 Å². The minimum absolute atomic E-state index is 0. The van der Waals surface area contributed by atoms with Crippen LogP contribution in [0.2, 0.25) is 0 Å². The molecule has 0 saturated carbocycles. The minimum atomic E-state index is 0. The normalized spacial score (nSPS) is 17.7. The van der Waals surface area contributed by atoms with Crippen molar-refractivity contribution < 1.29 is 4.42 Å². The smallest absolute Gasteiger partial charge is 0.191 e. The fraction of sp³-hybridized carbons (Fsp3) is 0.667. The monoisotopic (exact) mass is 438 g/mol. The molecule has 7 heteroatoms. The first-order valence-electron chi connectivity index (χ1n) is 7.52. The molecule has 0 spiro atoms. The molecule has 1 fully saturated rings. The predicted molar refractivity (Wildman–Crippen MR) is 106 cm³/mol. The van der Waals surface area contributed by atoms with E-state index >= 15 is 0 Å². The highest BCUT2D eigenvalue weighted by Crippen LogP contribution is 2.15. The van der Waals surface area contributed by atoms with E-state index < -0.39 is 0 Å². The van der Waals surface area contributed by atoms with Crippen molar-refractivity contribution in [2.45, 2.75) is 19.9 Å². The molecular formula is C15H27IN4OS. The van der Waals surface area contributed by atoms with Gasteiger partial charge in [0.15, 0.2) is 5.96 Å². The molecule has 0 radical (unpaired) electrons. The van der Waals surface area contributed by atoms with Gasteiger partial charge in [0.1, 0.15) is 11.5 Å². The van der Waals surface area contributed by atoms with Crippen LogP contribution in [0.5, 0.6) is 0 Å². The zero-order valence-corrected chi connectivity index (χ0v) is 16.7. The summed E-state index contributed by atoms with van der Waals surface area (Å²) < 4.78 is 5.63. The van der Waals surface area contributed by atoms with Gasteiger partial charge < -0.3 is 15.1 Å². The summed E-state index contributed by atoms with van der Waals surface area (Å²) in [5.41, 5.74) is 0. The summed E-state index contributed by atoms with van der Waals surface area (Å²) in [6, 6.07) is 4.10. The number of hydrogen-bond donors (Lipinski definition) is 2. The second kappa shape index (κ2) is 10.4. The molecule has 126 valence electrons. The number of nitrogens with zero attached hydrogens (tertiary/aromatic N) is 2. The molecule has 2 N–H and O–H groups in total. The highest BCUT2D eigenvalue weighted by molar-refractivity contribution is 14.0. The highest BCUT2D eigenvalue weighted by Gasteiger charge is 2.12. The number of aliphatic imine (C=N–C) groups is 1. The number of thioether (sulfide) groups is 1. The van der Waals surface area contributed by atoms with Gasteiger partial charge in [-0.25, -0.2) is 0 Å². The number of nitrogens with one attached hydrogen (secondary N) is 2. The molecule has 0 bridgehead atoms. The van der Waals surface area contributed by atoms with Crippen LogP contribution in [0.15, 0.2) is 21.5 Å². The first-order valence-corrected chi connectivity index (χ1v) is 8.68. The Morgan fingerprint density at radius 1 is 1.41 bits per heavy atom. The highest BCUT2D eigenvalue weighted by atomic mass is 127. The molecule has 1 aromatic rings. The zero-order chi connectivity index (χ0) is 15.1. The SMILES string of the molecule is CN=C(NCCN1CCSCC1)NC(C)c1ccc(C)o1.I. The van der Waals surface area contributed by atoms with Gasteiger partial charge in [0.2, 0.25) is 0 Å². The lowest BCUT2D eigenvalue weighted by atomic mass is 10.2. The molecule has 1 saturated heterocycles. The maximum Gasteiger partial charge on any atom is 0.191 e. The minimum Gasteiger partial charge on any atom is -0.464 e. The second-order valence-corrected chi connectivity index (χ2v) is 6.49. The molecule has 0 amide bonds. The molecule has 5 nitrogen and oxygen atoms in total. The Kier molecular flexibility index (Phi) is 9.27. The third-order valence-corrected chi connectivity index (χ3v) is 4.53. The van der Waals surface area contributed by atoms with Gasteiger partial charge in [0.25, 0.3) is 0 Å². The fourth-order valence-corrected chi connectivity index (χ4v) is 3.29.